The van der Waals surface area contributed by atoms with Crippen LogP contribution in [0, 0.1) is 6.92 Å². The molecule has 0 radical (unpaired) electrons. The van der Waals surface area contributed by atoms with Crippen LogP contribution in [0.15, 0.2) is 34.3 Å². The van der Waals surface area contributed by atoms with Crippen molar-refractivity contribution in [3.8, 4) is 0 Å². The van der Waals surface area contributed by atoms with Crippen molar-refractivity contribution in [3.05, 3.63) is 29.8 Å². The quantitative estimate of drug-likeness (QED) is 0.519. The lowest BCUT2D eigenvalue weighted by Gasteiger charge is -2.31. The van der Waals surface area contributed by atoms with Gasteiger partial charge in [-0.15, -0.1) is 0 Å². The molecule has 1 heterocycles. The van der Waals surface area contributed by atoms with E-state index < -0.39 is 16.1 Å². The van der Waals surface area contributed by atoms with E-state index in [-0.39, 0.29) is 29.8 Å². The van der Waals surface area contributed by atoms with Gasteiger partial charge in [0.15, 0.2) is 5.17 Å². The minimum absolute atomic E-state index is 0.0269. The van der Waals surface area contributed by atoms with E-state index in [4.69, 9.17) is 21.5 Å². The molecule has 1 N–H and O–H groups in total. The number of morpholine rings is 1. The zero-order valence-electron chi connectivity index (χ0n) is 10.9. The molecule has 1 fully saturated rings. The summed E-state index contributed by atoms with van der Waals surface area (Å²) >= 11 is 5.68. The van der Waals surface area contributed by atoms with Crippen molar-refractivity contribution in [2.24, 2.45) is 5.16 Å². The Labute approximate surface area is 122 Å². The van der Waals surface area contributed by atoms with E-state index in [0.717, 1.165) is 5.56 Å². The average Bonchev–Trinajstić information content (AvgIpc) is 2.47. The fraction of sp³-hybridized carbons (Fsp3) is 0.417. The number of ether oxygens (including phenoxy) is 1. The first-order valence-electron chi connectivity index (χ1n) is 6.01. The summed E-state index contributed by atoms with van der Waals surface area (Å²) in [5, 5.41) is 11.3. The second kappa shape index (κ2) is 6.09. The third kappa shape index (κ3) is 3.12. The Kier molecular flexibility index (Phi) is 4.64. The average molecular weight is 319 g/mol. The topological polar surface area (TPSA) is 79.2 Å². The number of hydrogen-bond acceptors (Lipinski definition) is 5. The van der Waals surface area contributed by atoms with Crippen LogP contribution in [0.2, 0.25) is 0 Å². The highest BCUT2D eigenvalue weighted by Gasteiger charge is 2.32. The maximum Gasteiger partial charge on any atom is 0.243 e. The first-order valence-corrected chi connectivity index (χ1v) is 7.83. The van der Waals surface area contributed by atoms with E-state index in [1.807, 2.05) is 6.92 Å². The van der Waals surface area contributed by atoms with Gasteiger partial charge in [0.05, 0.1) is 11.5 Å². The molecule has 1 saturated heterocycles. The Hall–Kier alpha value is -1.15. The van der Waals surface area contributed by atoms with Gasteiger partial charge >= 0.3 is 0 Å². The molecule has 1 aromatic carbocycles. The lowest BCUT2D eigenvalue weighted by molar-refractivity contribution is 0.0378. The Morgan fingerprint density at radius 3 is 2.70 bits per heavy atom. The van der Waals surface area contributed by atoms with E-state index in [0.29, 0.717) is 0 Å². The van der Waals surface area contributed by atoms with Crippen LogP contribution in [0.5, 0.6) is 0 Å². The number of nitrogens with zero attached hydrogens (tertiary/aromatic N) is 2. The lowest BCUT2D eigenvalue weighted by Crippen LogP contribution is -2.47. The predicted octanol–water partition coefficient (Wildman–Crippen LogP) is 1.41. The number of halogens is 1. The first-order chi connectivity index (χ1) is 9.45. The second-order valence-corrected chi connectivity index (χ2v) is 6.78. The normalized spacial score (nSPS) is 21.9. The van der Waals surface area contributed by atoms with Crippen LogP contribution < -0.4 is 0 Å². The standard InChI is InChI=1S/C12H15ClN2O4S/c1-9-2-4-10(5-3-9)20(17,18)15-6-7-19-11(8-15)12(13)14-16/h2-5,11,16H,6-8H2,1H3/t11-/m1/s1. The molecule has 0 amide bonds. The van der Waals surface area contributed by atoms with E-state index in [1.165, 1.54) is 4.31 Å². The van der Waals surface area contributed by atoms with Crippen LogP contribution in [0.3, 0.4) is 0 Å². The molecule has 0 saturated carbocycles. The highest BCUT2D eigenvalue weighted by Crippen LogP contribution is 2.20. The highest BCUT2D eigenvalue weighted by atomic mass is 35.5. The number of oxime groups is 1. The zero-order valence-corrected chi connectivity index (χ0v) is 12.4. The minimum Gasteiger partial charge on any atom is -0.410 e. The summed E-state index contributed by atoms with van der Waals surface area (Å²) in [6.45, 7) is 2.35. The van der Waals surface area contributed by atoms with Gasteiger partial charge in [0.25, 0.3) is 0 Å². The predicted molar refractivity (Wildman–Crippen MR) is 74.8 cm³/mol. The number of aryl methyl sites for hydroxylation is 1. The summed E-state index contributed by atoms with van der Waals surface area (Å²) < 4.78 is 31.5. The molecule has 0 bridgehead atoms. The van der Waals surface area contributed by atoms with Gasteiger partial charge in [0, 0.05) is 13.1 Å². The SMILES string of the molecule is Cc1ccc(S(=O)(=O)N2CCO[C@@H](C(Cl)=NO)C2)cc1. The van der Waals surface area contributed by atoms with Gasteiger partial charge < -0.3 is 9.94 Å². The van der Waals surface area contributed by atoms with E-state index in [2.05, 4.69) is 5.16 Å². The molecule has 1 aromatic rings. The van der Waals surface area contributed by atoms with Crippen LogP contribution in [-0.4, -0.2) is 48.9 Å². The molecule has 1 atom stereocenters. The van der Waals surface area contributed by atoms with E-state index in [1.54, 1.807) is 24.3 Å². The number of sulfonamides is 1. The van der Waals surface area contributed by atoms with Crippen molar-refractivity contribution in [2.45, 2.75) is 17.9 Å². The van der Waals surface area contributed by atoms with Crippen molar-refractivity contribution in [2.75, 3.05) is 19.7 Å². The van der Waals surface area contributed by atoms with Gasteiger partial charge in [0.2, 0.25) is 10.0 Å². The molecular weight excluding hydrogens is 304 g/mol. The summed E-state index contributed by atoms with van der Waals surface area (Å²) in [6, 6.07) is 6.62. The van der Waals surface area contributed by atoms with Crippen molar-refractivity contribution in [3.63, 3.8) is 0 Å². The zero-order chi connectivity index (χ0) is 14.8. The second-order valence-electron chi connectivity index (χ2n) is 4.46. The van der Waals surface area contributed by atoms with Crippen LogP contribution in [0.4, 0.5) is 0 Å². The molecule has 0 unspecified atom stereocenters. The number of rotatable bonds is 3. The monoisotopic (exact) mass is 318 g/mol. The van der Waals surface area contributed by atoms with Gasteiger partial charge in [-0.1, -0.05) is 34.5 Å². The Bertz CT molecular complexity index is 600. The number of benzene rings is 1. The molecule has 0 aromatic heterocycles. The van der Waals surface area contributed by atoms with Crippen molar-refractivity contribution in [1.82, 2.24) is 4.31 Å². The van der Waals surface area contributed by atoms with Gasteiger partial charge in [-0.25, -0.2) is 8.42 Å². The molecule has 0 aliphatic carbocycles. The fourth-order valence-electron chi connectivity index (χ4n) is 1.91. The van der Waals surface area contributed by atoms with Gasteiger partial charge in [-0.3, -0.25) is 0 Å². The van der Waals surface area contributed by atoms with Gasteiger partial charge in [0.1, 0.15) is 6.10 Å². The molecule has 1 aliphatic heterocycles. The van der Waals surface area contributed by atoms with Gasteiger partial charge in [-0.2, -0.15) is 4.31 Å². The van der Waals surface area contributed by atoms with Crippen LogP contribution >= 0.6 is 11.6 Å². The summed E-state index contributed by atoms with van der Waals surface area (Å²) in [4.78, 5) is 0.223. The first kappa shape index (κ1) is 15.2. The lowest BCUT2D eigenvalue weighted by atomic mass is 10.2. The van der Waals surface area contributed by atoms with Crippen molar-refractivity contribution < 1.29 is 18.4 Å². The Morgan fingerprint density at radius 1 is 1.45 bits per heavy atom. The summed E-state index contributed by atoms with van der Waals surface area (Å²) in [7, 11) is -3.60. The molecule has 0 spiro atoms. The largest absolute Gasteiger partial charge is 0.410 e. The molecule has 6 nitrogen and oxygen atoms in total. The summed E-state index contributed by atoms with van der Waals surface area (Å²) in [5.74, 6) is 0. The van der Waals surface area contributed by atoms with Crippen molar-refractivity contribution in [1.29, 1.82) is 0 Å². The van der Waals surface area contributed by atoms with E-state index >= 15 is 0 Å². The van der Waals surface area contributed by atoms with Gasteiger partial charge in [-0.05, 0) is 19.1 Å². The van der Waals surface area contributed by atoms with Crippen LogP contribution in [-0.2, 0) is 14.8 Å². The summed E-state index contributed by atoms with van der Waals surface area (Å²) in [6.07, 6.45) is -0.740. The number of hydrogen-bond donors (Lipinski definition) is 1. The molecule has 110 valence electrons. The van der Waals surface area contributed by atoms with Crippen LogP contribution in [0.25, 0.3) is 0 Å². The molecule has 8 heteroatoms. The molecular formula is C12H15ClN2O4S. The third-order valence-electron chi connectivity index (χ3n) is 3.05. The van der Waals surface area contributed by atoms with Crippen LogP contribution in [0.1, 0.15) is 5.56 Å². The third-order valence-corrected chi connectivity index (χ3v) is 5.25. The minimum atomic E-state index is -3.60. The smallest absolute Gasteiger partial charge is 0.243 e. The maximum absolute atomic E-state index is 12.5. The fourth-order valence-corrected chi connectivity index (χ4v) is 3.47. The Balaban J connectivity index is 2.23. The molecule has 1 aliphatic rings. The molecule has 20 heavy (non-hydrogen) atoms. The summed E-state index contributed by atoms with van der Waals surface area (Å²) in [5.41, 5.74) is 0.985. The molecule has 2 rings (SSSR count). The van der Waals surface area contributed by atoms with E-state index in [9.17, 15) is 8.42 Å². The highest BCUT2D eigenvalue weighted by molar-refractivity contribution is 7.89. The van der Waals surface area contributed by atoms with Crippen molar-refractivity contribution >= 4 is 26.8 Å². The Morgan fingerprint density at radius 2 is 2.10 bits per heavy atom. The maximum atomic E-state index is 12.5.